The van der Waals surface area contributed by atoms with Gasteiger partial charge in [0.15, 0.2) is 0 Å². The molecule has 0 aromatic heterocycles. The smallest absolute Gasteiger partial charge is 0.328 e. The first-order valence-electron chi connectivity index (χ1n) is 6.84. The number of aliphatic carboxylic acids is 1. The molecule has 0 amide bonds. The van der Waals surface area contributed by atoms with Crippen molar-refractivity contribution in [1.29, 1.82) is 0 Å². The lowest BCUT2D eigenvalue weighted by atomic mass is 10.1. The summed E-state index contributed by atoms with van der Waals surface area (Å²) in [6, 6.07) is 5.64. The molecule has 21 heavy (non-hydrogen) atoms. The topological polar surface area (TPSA) is 65.0 Å². The van der Waals surface area contributed by atoms with Gasteiger partial charge in [0.1, 0.15) is 12.4 Å². The zero-order chi connectivity index (χ0) is 15.5. The highest BCUT2D eigenvalue weighted by Crippen LogP contribution is 2.21. The lowest BCUT2D eigenvalue weighted by molar-refractivity contribution is -0.131. The molecule has 0 aliphatic heterocycles. The first-order chi connectivity index (χ1) is 10.1. The molecule has 0 spiro atoms. The number of benzene rings is 1. The molecule has 0 aliphatic rings. The van der Waals surface area contributed by atoms with Gasteiger partial charge in [0.25, 0.3) is 0 Å². The number of carbonyl (C=O) groups is 1. The van der Waals surface area contributed by atoms with E-state index in [9.17, 15) is 4.79 Å². The van der Waals surface area contributed by atoms with Crippen LogP contribution in [0.3, 0.4) is 0 Å². The summed E-state index contributed by atoms with van der Waals surface area (Å²) in [6.07, 6.45) is 3.49. The van der Waals surface area contributed by atoms with E-state index in [2.05, 4.69) is 0 Å². The Kier molecular flexibility index (Phi) is 8.16. The van der Waals surface area contributed by atoms with Crippen molar-refractivity contribution >= 4 is 12.0 Å². The maximum absolute atomic E-state index is 10.6. The van der Waals surface area contributed by atoms with Gasteiger partial charge < -0.3 is 19.3 Å². The predicted octanol–water partition coefficient (Wildman–Crippen LogP) is 2.52. The van der Waals surface area contributed by atoms with Crippen molar-refractivity contribution in [2.45, 2.75) is 13.3 Å². The fraction of sp³-hybridized carbons (Fsp3) is 0.438. The van der Waals surface area contributed by atoms with E-state index in [4.69, 9.17) is 19.3 Å². The van der Waals surface area contributed by atoms with Crippen LogP contribution in [0, 0.1) is 6.92 Å². The number of carboxylic acid groups (broad SMARTS) is 1. The van der Waals surface area contributed by atoms with E-state index in [1.54, 1.807) is 7.11 Å². The van der Waals surface area contributed by atoms with Gasteiger partial charge in [0.05, 0.1) is 6.61 Å². The Morgan fingerprint density at radius 3 is 2.76 bits per heavy atom. The van der Waals surface area contributed by atoms with E-state index in [1.165, 1.54) is 6.08 Å². The van der Waals surface area contributed by atoms with Crippen molar-refractivity contribution in [3.8, 4) is 5.75 Å². The van der Waals surface area contributed by atoms with Gasteiger partial charge in [0, 0.05) is 32.0 Å². The number of methoxy groups -OCH3 is 1. The average molecular weight is 294 g/mol. The lowest BCUT2D eigenvalue weighted by Crippen LogP contribution is -2.09. The molecule has 1 rings (SSSR count). The van der Waals surface area contributed by atoms with Gasteiger partial charge in [-0.2, -0.15) is 0 Å². The van der Waals surface area contributed by atoms with Crippen LogP contribution in [0.4, 0.5) is 0 Å². The van der Waals surface area contributed by atoms with Gasteiger partial charge >= 0.3 is 5.97 Å². The van der Waals surface area contributed by atoms with Gasteiger partial charge in [-0.15, -0.1) is 0 Å². The van der Waals surface area contributed by atoms with Gasteiger partial charge in [-0.25, -0.2) is 4.79 Å². The molecule has 1 aromatic carbocycles. The lowest BCUT2D eigenvalue weighted by Gasteiger charge is -2.10. The van der Waals surface area contributed by atoms with Crippen LogP contribution in [0.15, 0.2) is 24.3 Å². The molecule has 5 heteroatoms. The Morgan fingerprint density at radius 2 is 2.05 bits per heavy atom. The molecule has 0 atom stereocenters. The van der Waals surface area contributed by atoms with Crippen LogP contribution in [0.5, 0.6) is 5.75 Å². The number of ether oxygens (including phenoxy) is 3. The first kappa shape index (κ1) is 17.2. The van der Waals surface area contributed by atoms with Gasteiger partial charge in [-0.1, -0.05) is 11.6 Å². The van der Waals surface area contributed by atoms with E-state index >= 15 is 0 Å². The summed E-state index contributed by atoms with van der Waals surface area (Å²) in [7, 11) is 1.66. The second kappa shape index (κ2) is 9.96. The average Bonchev–Trinajstić information content (AvgIpc) is 2.45. The number of hydrogen-bond donors (Lipinski definition) is 1. The minimum Gasteiger partial charge on any atom is -0.491 e. The molecule has 0 saturated heterocycles. The number of aryl methyl sites for hydroxylation is 1. The zero-order valence-corrected chi connectivity index (χ0v) is 12.5. The molecule has 0 radical (unpaired) electrons. The SMILES string of the molecule is COCCCOCCOc1ccc(C)cc1/C=C/C(=O)O. The van der Waals surface area contributed by atoms with Crippen molar-refractivity contribution in [3.63, 3.8) is 0 Å². The second-order valence-corrected chi connectivity index (χ2v) is 4.52. The number of hydrogen-bond acceptors (Lipinski definition) is 4. The quantitative estimate of drug-likeness (QED) is 0.530. The molecule has 5 nitrogen and oxygen atoms in total. The fourth-order valence-corrected chi connectivity index (χ4v) is 1.71. The summed E-state index contributed by atoms with van der Waals surface area (Å²) < 4.78 is 16.0. The Morgan fingerprint density at radius 1 is 1.24 bits per heavy atom. The van der Waals surface area contributed by atoms with Crippen LogP contribution >= 0.6 is 0 Å². The first-order valence-corrected chi connectivity index (χ1v) is 6.84. The van der Waals surface area contributed by atoms with E-state index in [1.807, 2.05) is 25.1 Å². The summed E-state index contributed by atoms with van der Waals surface area (Å²) in [5.41, 5.74) is 1.79. The molecule has 116 valence electrons. The summed E-state index contributed by atoms with van der Waals surface area (Å²) in [5, 5.41) is 8.69. The zero-order valence-electron chi connectivity index (χ0n) is 12.5. The van der Waals surface area contributed by atoms with Gasteiger partial charge in [-0.05, 0) is 31.6 Å². The van der Waals surface area contributed by atoms with Crippen molar-refractivity contribution in [2.24, 2.45) is 0 Å². The molecular weight excluding hydrogens is 272 g/mol. The molecule has 0 aliphatic carbocycles. The van der Waals surface area contributed by atoms with E-state index in [-0.39, 0.29) is 0 Å². The summed E-state index contributed by atoms with van der Waals surface area (Å²) in [5.74, 6) is -0.331. The standard InChI is InChI=1S/C16H22O5/c1-13-4-6-15(14(12-13)5-7-16(17)18)21-11-10-20-9-3-8-19-2/h4-7,12H,3,8-11H2,1-2H3,(H,17,18)/b7-5+. The van der Waals surface area contributed by atoms with Crippen molar-refractivity contribution in [3.05, 3.63) is 35.4 Å². The van der Waals surface area contributed by atoms with Crippen LogP contribution in [0.25, 0.3) is 6.08 Å². The highest BCUT2D eigenvalue weighted by molar-refractivity contribution is 5.85. The van der Waals surface area contributed by atoms with Crippen LogP contribution in [0.1, 0.15) is 17.5 Å². The highest BCUT2D eigenvalue weighted by atomic mass is 16.5. The van der Waals surface area contributed by atoms with E-state index in [0.717, 1.165) is 23.6 Å². The minimum atomic E-state index is -0.982. The number of carboxylic acids is 1. The fourth-order valence-electron chi connectivity index (χ4n) is 1.71. The minimum absolute atomic E-state index is 0.421. The third-order valence-electron chi connectivity index (χ3n) is 2.69. The molecule has 0 saturated carbocycles. The van der Waals surface area contributed by atoms with Crippen molar-refractivity contribution < 1.29 is 24.1 Å². The van der Waals surface area contributed by atoms with Crippen LogP contribution in [0.2, 0.25) is 0 Å². The van der Waals surface area contributed by atoms with Gasteiger partial charge in [-0.3, -0.25) is 0 Å². The molecule has 0 unspecified atom stereocenters. The molecule has 0 heterocycles. The molecule has 0 fully saturated rings. The Balaban J connectivity index is 2.45. The number of rotatable bonds is 10. The maximum atomic E-state index is 10.6. The summed E-state index contributed by atoms with van der Waals surface area (Å²) >= 11 is 0. The summed E-state index contributed by atoms with van der Waals surface area (Å²) in [4.78, 5) is 10.6. The van der Waals surface area contributed by atoms with Crippen molar-refractivity contribution in [2.75, 3.05) is 33.5 Å². The van der Waals surface area contributed by atoms with Crippen molar-refractivity contribution in [1.82, 2.24) is 0 Å². The van der Waals surface area contributed by atoms with Crippen LogP contribution < -0.4 is 4.74 Å². The molecule has 0 bridgehead atoms. The van der Waals surface area contributed by atoms with Crippen LogP contribution in [-0.4, -0.2) is 44.6 Å². The van der Waals surface area contributed by atoms with E-state index in [0.29, 0.717) is 32.2 Å². The monoisotopic (exact) mass is 294 g/mol. The Labute approximate surface area is 125 Å². The highest BCUT2D eigenvalue weighted by Gasteiger charge is 2.02. The van der Waals surface area contributed by atoms with Gasteiger partial charge in [0.2, 0.25) is 0 Å². The maximum Gasteiger partial charge on any atom is 0.328 e. The molecular formula is C16H22O5. The van der Waals surface area contributed by atoms with Crippen LogP contribution in [-0.2, 0) is 14.3 Å². The molecule has 1 aromatic rings. The molecule has 1 N–H and O–H groups in total. The Hall–Kier alpha value is -1.85. The Bertz CT molecular complexity index is 468. The van der Waals surface area contributed by atoms with E-state index < -0.39 is 5.97 Å². The third-order valence-corrected chi connectivity index (χ3v) is 2.69. The third kappa shape index (κ3) is 7.48. The normalized spacial score (nSPS) is 11.0. The second-order valence-electron chi connectivity index (χ2n) is 4.52. The predicted molar refractivity (Wildman–Crippen MR) is 80.7 cm³/mol. The largest absolute Gasteiger partial charge is 0.491 e. The summed E-state index contributed by atoms with van der Waals surface area (Å²) in [6.45, 7) is 4.17.